The molecule has 0 aliphatic carbocycles. The molecule has 0 spiro atoms. The maximum absolute atomic E-state index is 12.8. The van der Waals surface area contributed by atoms with Crippen molar-refractivity contribution in [1.82, 2.24) is 4.90 Å². The molecule has 1 aliphatic heterocycles. The first-order chi connectivity index (χ1) is 11.5. The first-order valence-corrected chi connectivity index (χ1v) is 7.98. The Kier molecular flexibility index (Phi) is 4.14. The molecule has 124 valence electrons. The summed E-state index contributed by atoms with van der Waals surface area (Å²) < 4.78 is 4.92. The van der Waals surface area contributed by atoms with Gasteiger partial charge in [0.1, 0.15) is 0 Å². The van der Waals surface area contributed by atoms with Gasteiger partial charge in [-0.3, -0.25) is 9.59 Å². The molecule has 4 heteroatoms. The zero-order valence-corrected chi connectivity index (χ0v) is 14.2. The fourth-order valence-corrected chi connectivity index (χ4v) is 3.39. The number of hydrogen-bond donors (Lipinski definition) is 0. The normalized spacial score (nSPS) is 22.9. The second kappa shape index (κ2) is 6.11. The molecule has 3 rings (SSSR count). The van der Waals surface area contributed by atoms with E-state index in [0.717, 1.165) is 16.7 Å². The third-order valence-electron chi connectivity index (χ3n) is 4.76. The van der Waals surface area contributed by atoms with E-state index in [9.17, 15) is 9.59 Å². The second-order valence-corrected chi connectivity index (χ2v) is 6.43. The monoisotopic (exact) mass is 323 g/mol. The summed E-state index contributed by atoms with van der Waals surface area (Å²) in [4.78, 5) is 26.8. The largest absolute Gasteiger partial charge is 0.468 e. The predicted molar refractivity (Wildman–Crippen MR) is 91.0 cm³/mol. The highest BCUT2D eigenvalue weighted by molar-refractivity contribution is 6.08. The summed E-state index contributed by atoms with van der Waals surface area (Å²) in [5.74, 6) is -0.675. The summed E-state index contributed by atoms with van der Waals surface area (Å²) >= 11 is 0. The van der Waals surface area contributed by atoms with Crippen molar-refractivity contribution >= 4 is 11.9 Å². The molecule has 1 aliphatic rings. The van der Waals surface area contributed by atoms with Gasteiger partial charge in [-0.05, 0) is 25.0 Å². The summed E-state index contributed by atoms with van der Waals surface area (Å²) in [6.07, 6.45) is 0. The number of esters is 1. The first kappa shape index (κ1) is 16.2. The molecule has 1 heterocycles. The van der Waals surface area contributed by atoms with Gasteiger partial charge in [0.25, 0.3) is 0 Å². The molecule has 2 aromatic carbocycles. The molecule has 0 bridgehead atoms. The van der Waals surface area contributed by atoms with E-state index in [1.165, 1.54) is 7.11 Å². The highest BCUT2D eigenvalue weighted by atomic mass is 16.5. The van der Waals surface area contributed by atoms with Crippen molar-refractivity contribution in [2.24, 2.45) is 5.41 Å². The quantitative estimate of drug-likeness (QED) is 0.493. The van der Waals surface area contributed by atoms with Gasteiger partial charge in [0, 0.05) is 6.54 Å². The third kappa shape index (κ3) is 2.48. The van der Waals surface area contributed by atoms with Crippen LogP contribution in [0.1, 0.15) is 29.7 Å². The Labute approximate surface area is 142 Å². The lowest BCUT2D eigenvalue weighted by atomic mass is 9.68. The lowest BCUT2D eigenvalue weighted by Crippen LogP contribution is -2.65. The summed E-state index contributed by atoms with van der Waals surface area (Å²) in [5, 5.41) is 0. The molecular formula is C20H21NO3. The number of methoxy groups -OCH3 is 1. The molecule has 1 fully saturated rings. The van der Waals surface area contributed by atoms with E-state index in [0.29, 0.717) is 6.54 Å². The average Bonchev–Trinajstić information content (AvgIpc) is 2.62. The van der Waals surface area contributed by atoms with E-state index >= 15 is 0 Å². The molecule has 2 atom stereocenters. The fourth-order valence-electron chi connectivity index (χ4n) is 3.39. The molecule has 2 aromatic rings. The third-order valence-corrected chi connectivity index (χ3v) is 4.76. The number of ether oxygens (including phenoxy) is 1. The molecule has 2 unspecified atom stereocenters. The Hall–Kier alpha value is -2.62. The standard InChI is InChI=1S/C20H21NO3/c1-14-9-11-16(12-10-14)17-20(2,19(23)24-3)18(22)21(17)13-15-7-5-4-6-8-15/h4-12,17H,13H2,1-3H3. The number of amides is 1. The number of likely N-dealkylation sites (tertiary alicyclic amines) is 1. The molecular weight excluding hydrogens is 302 g/mol. The zero-order chi connectivity index (χ0) is 17.3. The Morgan fingerprint density at radius 3 is 2.33 bits per heavy atom. The van der Waals surface area contributed by atoms with Gasteiger partial charge in [0.05, 0.1) is 13.2 Å². The van der Waals surface area contributed by atoms with Crippen molar-refractivity contribution in [3.05, 3.63) is 71.3 Å². The SMILES string of the molecule is COC(=O)C1(C)C(=O)N(Cc2ccccc2)C1c1ccc(C)cc1. The van der Waals surface area contributed by atoms with Crippen LogP contribution < -0.4 is 0 Å². The minimum absolute atomic E-state index is 0.191. The van der Waals surface area contributed by atoms with Crippen LogP contribution in [0.3, 0.4) is 0 Å². The molecule has 0 radical (unpaired) electrons. The van der Waals surface area contributed by atoms with Crippen LogP contribution in [-0.2, 0) is 20.9 Å². The van der Waals surface area contributed by atoms with Crippen molar-refractivity contribution in [2.45, 2.75) is 26.4 Å². The van der Waals surface area contributed by atoms with Gasteiger partial charge >= 0.3 is 5.97 Å². The van der Waals surface area contributed by atoms with E-state index in [-0.39, 0.29) is 11.9 Å². The molecule has 0 saturated carbocycles. The van der Waals surface area contributed by atoms with Crippen LogP contribution in [0, 0.1) is 12.3 Å². The number of carbonyl (C=O) groups excluding carboxylic acids is 2. The van der Waals surface area contributed by atoms with Gasteiger partial charge < -0.3 is 9.64 Å². The van der Waals surface area contributed by atoms with Crippen molar-refractivity contribution < 1.29 is 14.3 Å². The molecule has 0 N–H and O–H groups in total. The number of rotatable bonds is 4. The summed E-state index contributed by atoms with van der Waals surface area (Å²) in [5.41, 5.74) is 1.95. The summed E-state index contributed by atoms with van der Waals surface area (Å²) in [6.45, 7) is 4.16. The van der Waals surface area contributed by atoms with E-state index < -0.39 is 11.4 Å². The predicted octanol–water partition coefficient (Wildman–Crippen LogP) is 3.26. The second-order valence-electron chi connectivity index (χ2n) is 6.43. The van der Waals surface area contributed by atoms with Crippen LogP contribution in [0.25, 0.3) is 0 Å². The molecule has 24 heavy (non-hydrogen) atoms. The number of hydrogen-bond acceptors (Lipinski definition) is 3. The molecule has 1 amide bonds. The van der Waals surface area contributed by atoms with Gasteiger partial charge in [-0.2, -0.15) is 0 Å². The molecule has 4 nitrogen and oxygen atoms in total. The van der Waals surface area contributed by atoms with E-state index in [1.54, 1.807) is 11.8 Å². The van der Waals surface area contributed by atoms with E-state index in [2.05, 4.69) is 0 Å². The number of β-lactam (4-membered cyclic amide) rings is 1. The number of aryl methyl sites for hydroxylation is 1. The van der Waals surface area contributed by atoms with Crippen LogP contribution in [0.15, 0.2) is 54.6 Å². The van der Waals surface area contributed by atoms with Crippen molar-refractivity contribution in [2.75, 3.05) is 7.11 Å². The Morgan fingerprint density at radius 2 is 1.75 bits per heavy atom. The highest BCUT2D eigenvalue weighted by Gasteiger charge is 2.63. The minimum atomic E-state index is -1.17. The van der Waals surface area contributed by atoms with Crippen molar-refractivity contribution in [3.8, 4) is 0 Å². The summed E-state index contributed by atoms with van der Waals surface area (Å²) in [7, 11) is 1.33. The Bertz CT molecular complexity index is 754. The lowest BCUT2D eigenvalue weighted by molar-refractivity contribution is -0.188. The smallest absolute Gasteiger partial charge is 0.323 e. The molecule has 1 saturated heterocycles. The maximum atomic E-state index is 12.8. The van der Waals surface area contributed by atoms with Crippen molar-refractivity contribution in [3.63, 3.8) is 0 Å². The number of carbonyl (C=O) groups is 2. The van der Waals surface area contributed by atoms with Crippen LogP contribution in [0.4, 0.5) is 0 Å². The van der Waals surface area contributed by atoms with E-state index in [4.69, 9.17) is 4.74 Å². The van der Waals surface area contributed by atoms with Crippen LogP contribution in [-0.4, -0.2) is 23.9 Å². The first-order valence-electron chi connectivity index (χ1n) is 7.98. The van der Waals surface area contributed by atoms with Gasteiger partial charge in [-0.1, -0.05) is 60.2 Å². The van der Waals surface area contributed by atoms with Crippen molar-refractivity contribution in [1.29, 1.82) is 0 Å². The zero-order valence-electron chi connectivity index (χ0n) is 14.2. The highest BCUT2D eigenvalue weighted by Crippen LogP contribution is 2.51. The van der Waals surface area contributed by atoms with Gasteiger partial charge in [0.2, 0.25) is 5.91 Å². The Balaban J connectivity index is 1.97. The van der Waals surface area contributed by atoms with Crippen LogP contribution in [0.2, 0.25) is 0 Å². The van der Waals surface area contributed by atoms with E-state index in [1.807, 2.05) is 61.5 Å². The van der Waals surface area contributed by atoms with Gasteiger partial charge in [-0.25, -0.2) is 0 Å². The molecule has 0 aromatic heterocycles. The topological polar surface area (TPSA) is 46.6 Å². The number of nitrogens with zero attached hydrogens (tertiary/aromatic N) is 1. The number of benzene rings is 2. The average molecular weight is 323 g/mol. The fraction of sp³-hybridized carbons (Fsp3) is 0.300. The maximum Gasteiger partial charge on any atom is 0.323 e. The minimum Gasteiger partial charge on any atom is -0.468 e. The van der Waals surface area contributed by atoms with Crippen LogP contribution in [0.5, 0.6) is 0 Å². The summed E-state index contributed by atoms with van der Waals surface area (Å²) in [6, 6.07) is 17.4. The lowest BCUT2D eigenvalue weighted by Gasteiger charge is -2.52. The Morgan fingerprint density at radius 1 is 1.12 bits per heavy atom. The van der Waals surface area contributed by atoms with Gasteiger partial charge in [0.15, 0.2) is 5.41 Å². The van der Waals surface area contributed by atoms with Gasteiger partial charge in [-0.15, -0.1) is 0 Å². The van der Waals surface area contributed by atoms with Crippen LogP contribution >= 0.6 is 0 Å².